The minimum absolute atomic E-state index is 0.987. The zero-order valence-corrected chi connectivity index (χ0v) is 12.0. The molecule has 0 unspecified atom stereocenters. The second kappa shape index (κ2) is 7.17. The van der Waals surface area contributed by atoms with Gasteiger partial charge in [0.05, 0.1) is 0 Å². The lowest BCUT2D eigenvalue weighted by molar-refractivity contribution is 0.334. The Kier molecular flexibility index (Phi) is 5.53. The molecule has 2 rings (SSSR count). The van der Waals surface area contributed by atoms with Crippen molar-refractivity contribution in [2.45, 2.75) is 45.1 Å². The lowest BCUT2D eigenvalue weighted by Crippen LogP contribution is -2.19. The van der Waals surface area contributed by atoms with E-state index < -0.39 is 0 Å². The molecule has 0 heterocycles. The number of hydrogen-bond acceptors (Lipinski definition) is 1. The van der Waals surface area contributed by atoms with E-state index in [1.807, 2.05) is 0 Å². The van der Waals surface area contributed by atoms with Gasteiger partial charge >= 0.3 is 0 Å². The Labute approximate surface area is 113 Å². The van der Waals surface area contributed by atoms with Crippen molar-refractivity contribution in [1.29, 1.82) is 0 Å². The van der Waals surface area contributed by atoms with Crippen LogP contribution >= 0.6 is 15.9 Å². The van der Waals surface area contributed by atoms with Crippen molar-refractivity contribution in [2.24, 2.45) is 5.92 Å². The van der Waals surface area contributed by atoms with Gasteiger partial charge in [0.1, 0.15) is 0 Å². The third-order valence-corrected chi connectivity index (χ3v) is 4.23. The highest BCUT2D eigenvalue weighted by Crippen LogP contribution is 2.25. The Balaban J connectivity index is 1.60. The Bertz CT molecular complexity index is 314. The van der Waals surface area contributed by atoms with Gasteiger partial charge in [-0.2, -0.15) is 0 Å². The van der Waals surface area contributed by atoms with Crippen molar-refractivity contribution in [1.82, 2.24) is 5.32 Å². The van der Waals surface area contributed by atoms with E-state index in [9.17, 15) is 0 Å². The van der Waals surface area contributed by atoms with Crippen LogP contribution in [0.1, 0.15) is 44.1 Å². The molecule has 1 saturated carbocycles. The van der Waals surface area contributed by atoms with Crippen molar-refractivity contribution in [3.8, 4) is 0 Å². The van der Waals surface area contributed by atoms with Gasteiger partial charge in [0.25, 0.3) is 0 Å². The van der Waals surface area contributed by atoms with Crippen LogP contribution < -0.4 is 5.32 Å². The molecule has 0 spiro atoms. The Morgan fingerprint density at radius 3 is 2.47 bits per heavy atom. The summed E-state index contributed by atoms with van der Waals surface area (Å²) < 4.78 is 1.16. The maximum absolute atomic E-state index is 3.55. The van der Waals surface area contributed by atoms with E-state index in [-0.39, 0.29) is 0 Å². The van der Waals surface area contributed by atoms with Crippen molar-refractivity contribution in [2.75, 3.05) is 6.54 Å². The molecule has 1 aromatic carbocycles. The maximum Gasteiger partial charge on any atom is 0.0205 e. The topological polar surface area (TPSA) is 12.0 Å². The third kappa shape index (κ3) is 4.81. The Morgan fingerprint density at radius 1 is 1.06 bits per heavy atom. The average Bonchev–Trinajstić information content (AvgIpc) is 2.38. The number of nitrogens with one attached hydrogen (secondary N) is 1. The quantitative estimate of drug-likeness (QED) is 0.788. The van der Waals surface area contributed by atoms with Gasteiger partial charge in [0, 0.05) is 11.0 Å². The molecule has 0 atom stereocenters. The first kappa shape index (κ1) is 13.1. The third-order valence-electron chi connectivity index (χ3n) is 3.70. The lowest BCUT2D eigenvalue weighted by atomic mass is 9.87. The van der Waals surface area contributed by atoms with Crippen molar-refractivity contribution < 1.29 is 0 Å². The van der Waals surface area contributed by atoms with Gasteiger partial charge in [0.15, 0.2) is 0 Å². The van der Waals surface area contributed by atoms with Gasteiger partial charge in [-0.15, -0.1) is 0 Å². The predicted octanol–water partition coefficient (Wildman–Crippen LogP) is 4.51. The molecular weight excluding hydrogens is 274 g/mol. The van der Waals surface area contributed by atoms with Crippen LogP contribution in [0.4, 0.5) is 0 Å². The minimum atomic E-state index is 0.987. The molecule has 1 aromatic rings. The molecule has 0 aliphatic heterocycles. The minimum Gasteiger partial charge on any atom is -0.313 e. The zero-order valence-electron chi connectivity index (χ0n) is 10.4. The predicted molar refractivity (Wildman–Crippen MR) is 77.0 cm³/mol. The molecular formula is C15H22BrN. The molecule has 0 radical (unpaired) electrons. The summed E-state index contributed by atoms with van der Waals surface area (Å²) in [4.78, 5) is 0. The smallest absolute Gasteiger partial charge is 0.0205 e. The first-order valence-electron chi connectivity index (χ1n) is 6.80. The molecule has 1 nitrogen and oxygen atoms in total. The Morgan fingerprint density at radius 2 is 1.76 bits per heavy atom. The van der Waals surface area contributed by atoms with Gasteiger partial charge < -0.3 is 5.32 Å². The van der Waals surface area contributed by atoms with E-state index in [1.165, 1.54) is 50.6 Å². The van der Waals surface area contributed by atoms with Crippen LogP contribution in [0.3, 0.4) is 0 Å². The normalized spacial score (nSPS) is 17.2. The maximum atomic E-state index is 3.55. The van der Waals surface area contributed by atoms with Crippen molar-refractivity contribution in [3.05, 3.63) is 34.3 Å². The fraction of sp³-hybridized carbons (Fsp3) is 0.600. The summed E-state index contributed by atoms with van der Waals surface area (Å²) in [6.45, 7) is 2.17. The number of hydrogen-bond donors (Lipinski definition) is 1. The van der Waals surface area contributed by atoms with Crippen LogP contribution in [0.5, 0.6) is 0 Å². The molecule has 2 heteroatoms. The van der Waals surface area contributed by atoms with Crippen LogP contribution in [-0.2, 0) is 6.54 Å². The standard InChI is InChI=1S/C15H22BrN/c16-15-8-6-14(7-9-15)12-17-11-10-13-4-2-1-3-5-13/h6-9,13,17H,1-5,10-12H2. The molecule has 0 amide bonds. The molecule has 0 saturated heterocycles. The SMILES string of the molecule is Brc1ccc(CNCCC2CCCCC2)cc1. The van der Waals surface area contributed by atoms with Crippen molar-refractivity contribution in [3.63, 3.8) is 0 Å². The summed E-state index contributed by atoms with van der Waals surface area (Å²) in [6.07, 6.45) is 8.65. The highest BCUT2D eigenvalue weighted by molar-refractivity contribution is 9.10. The molecule has 0 bridgehead atoms. The highest BCUT2D eigenvalue weighted by Gasteiger charge is 2.12. The second-order valence-electron chi connectivity index (χ2n) is 5.10. The van der Waals surface area contributed by atoms with E-state index in [4.69, 9.17) is 0 Å². The molecule has 1 fully saturated rings. The summed E-state index contributed by atoms with van der Waals surface area (Å²) >= 11 is 3.46. The summed E-state index contributed by atoms with van der Waals surface area (Å²) in [5, 5.41) is 3.55. The first-order valence-corrected chi connectivity index (χ1v) is 7.59. The van der Waals surface area contributed by atoms with Gasteiger partial charge in [0.2, 0.25) is 0 Å². The fourth-order valence-electron chi connectivity index (χ4n) is 2.62. The van der Waals surface area contributed by atoms with E-state index in [1.54, 1.807) is 0 Å². The van der Waals surface area contributed by atoms with Gasteiger partial charge in [-0.25, -0.2) is 0 Å². The Hall–Kier alpha value is -0.340. The summed E-state index contributed by atoms with van der Waals surface area (Å²) in [5.74, 6) is 0.987. The molecule has 0 aromatic heterocycles. The van der Waals surface area contributed by atoms with E-state index in [2.05, 4.69) is 45.5 Å². The van der Waals surface area contributed by atoms with Crippen LogP contribution in [0, 0.1) is 5.92 Å². The fourth-order valence-corrected chi connectivity index (χ4v) is 2.88. The highest BCUT2D eigenvalue weighted by atomic mass is 79.9. The second-order valence-corrected chi connectivity index (χ2v) is 6.01. The van der Waals surface area contributed by atoms with Crippen molar-refractivity contribution >= 4 is 15.9 Å². The number of halogens is 1. The molecule has 1 aliphatic rings. The summed E-state index contributed by atoms with van der Waals surface area (Å²) in [7, 11) is 0. The zero-order chi connectivity index (χ0) is 11.9. The average molecular weight is 296 g/mol. The lowest BCUT2D eigenvalue weighted by Gasteiger charge is -2.21. The molecule has 17 heavy (non-hydrogen) atoms. The molecule has 1 N–H and O–H groups in total. The molecule has 94 valence electrons. The van der Waals surface area contributed by atoms with Crippen LogP contribution in [0.15, 0.2) is 28.7 Å². The van der Waals surface area contributed by atoms with Gasteiger partial charge in [-0.05, 0) is 36.6 Å². The number of rotatable bonds is 5. The van der Waals surface area contributed by atoms with Gasteiger partial charge in [-0.3, -0.25) is 0 Å². The van der Waals surface area contributed by atoms with Gasteiger partial charge in [-0.1, -0.05) is 60.2 Å². The monoisotopic (exact) mass is 295 g/mol. The first-order chi connectivity index (χ1) is 8.34. The van der Waals surface area contributed by atoms with Crippen LogP contribution in [-0.4, -0.2) is 6.54 Å². The van der Waals surface area contributed by atoms with Crippen LogP contribution in [0.25, 0.3) is 0 Å². The molecule has 1 aliphatic carbocycles. The van der Waals surface area contributed by atoms with E-state index in [0.29, 0.717) is 0 Å². The number of benzene rings is 1. The van der Waals surface area contributed by atoms with Crippen LogP contribution in [0.2, 0.25) is 0 Å². The summed E-state index contributed by atoms with van der Waals surface area (Å²) in [6, 6.07) is 8.58. The largest absolute Gasteiger partial charge is 0.313 e. The summed E-state index contributed by atoms with van der Waals surface area (Å²) in [5.41, 5.74) is 1.37. The van der Waals surface area contributed by atoms with E-state index >= 15 is 0 Å². The van der Waals surface area contributed by atoms with E-state index in [0.717, 1.165) is 16.9 Å².